The van der Waals surface area contributed by atoms with Crippen molar-refractivity contribution in [3.63, 3.8) is 0 Å². The number of aromatic nitrogens is 5. The lowest BCUT2D eigenvalue weighted by Gasteiger charge is -2.09. The van der Waals surface area contributed by atoms with E-state index < -0.39 is 10.8 Å². The molecule has 0 unspecified atom stereocenters. The van der Waals surface area contributed by atoms with Crippen molar-refractivity contribution in [2.24, 2.45) is 0 Å². The normalized spacial score (nSPS) is 10.9. The smallest absolute Gasteiger partial charge is 0.273 e. The highest BCUT2D eigenvalue weighted by atomic mass is 16.6. The molecule has 0 aliphatic rings. The van der Waals surface area contributed by atoms with Gasteiger partial charge < -0.3 is 5.32 Å². The van der Waals surface area contributed by atoms with Crippen LogP contribution in [0.5, 0.6) is 0 Å². The number of hydrogen-bond acceptors (Lipinski definition) is 7. The van der Waals surface area contributed by atoms with Gasteiger partial charge in [0.2, 0.25) is 5.82 Å². The first-order valence-electron chi connectivity index (χ1n) is 10.3. The zero-order valence-corrected chi connectivity index (χ0v) is 17.9. The van der Waals surface area contributed by atoms with Gasteiger partial charge in [-0.2, -0.15) is 9.61 Å². The second-order valence-corrected chi connectivity index (χ2v) is 7.47. The van der Waals surface area contributed by atoms with Gasteiger partial charge in [0.05, 0.1) is 10.6 Å². The number of hydrogen-bond donors (Lipinski definition) is 1. The predicted octanol–water partition coefficient (Wildman–Crippen LogP) is 4.32. The van der Waals surface area contributed by atoms with Crippen LogP contribution in [-0.4, -0.2) is 35.6 Å². The van der Waals surface area contributed by atoms with Crippen LogP contribution in [0.4, 0.5) is 11.4 Å². The minimum atomic E-state index is -0.500. The number of nitrogens with zero attached hydrogens (tertiary/aromatic N) is 6. The Labute approximate surface area is 193 Å². The maximum absolute atomic E-state index is 12.7. The topological polar surface area (TPSA) is 128 Å². The van der Waals surface area contributed by atoms with Crippen LogP contribution in [0.2, 0.25) is 0 Å². The quantitative estimate of drug-likeness (QED) is 0.311. The number of fused-ring (bicyclic) bond motifs is 1. The molecule has 10 nitrogen and oxygen atoms in total. The third-order valence-corrected chi connectivity index (χ3v) is 5.34. The first kappa shape index (κ1) is 20.9. The number of carbonyl (C=O) groups is 1. The summed E-state index contributed by atoms with van der Waals surface area (Å²) in [5.41, 5.74) is 3.80. The summed E-state index contributed by atoms with van der Waals surface area (Å²) in [5.74, 6) is 0.117. The molecule has 0 aliphatic carbocycles. The zero-order valence-electron chi connectivity index (χ0n) is 17.9. The van der Waals surface area contributed by atoms with Gasteiger partial charge in [-0.15, -0.1) is 10.2 Å². The van der Waals surface area contributed by atoms with E-state index in [-0.39, 0.29) is 11.3 Å². The molecule has 10 heteroatoms. The van der Waals surface area contributed by atoms with E-state index in [1.165, 1.54) is 12.1 Å². The SMILES string of the molecule is Cc1c(C(=O)Nc2ccc(-c3ccc4nnc(-c5ccccn5)n4n3)cc2)cccc1[N+](=O)[O-]. The number of nitro groups is 1. The minimum absolute atomic E-state index is 0.0940. The maximum Gasteiger partial charge on any atom is 0.273 e. The number of benzene rings is 2. The van der Waals surface area contributed by atoms with Crippen molar-refractivity contribution in [2.75, 3.05) is 5.32 Å². The highest BCUT2D eigenvalue weighted by Gasteiger charge is 2.18. The Kier molecular flexibility index (Phi) is 5.23. The van der Waals surface area contributed by atoms with E-state index in [1.807, 2.05) is 42.5 Å². The van der Waals surface area contributed by atoms with Crippen molar-refractivity contribution in [3.8, 4) is 22.8 Å². The maximum atomic E-state index is 12.7. The van der Waals surface area contributed by atoms with Gasteiger partial charge in [-0.25, -0.2) is 0 Å². The van der Waals surface area contributed by atoms with E-state index in [4.69, 9.17) is 0 Å². The van der Waals surface area contributed by atoms with Crippen LogP contribution in [0.1, 0.15) is 15.9 Å². The first-order valence-corrected chi connectivity index (χ1v) is 10.3. The van der Waals surface area contributed by atoms with Gasteiger partial charge in [-0.1, -0.05) is 24.3 Å². The number of pyridine rings is 1. The van der Waals surface area contributed by atoms with E-state index in [9.17, 15) is 14.9 Å². The number of rotatable bonds is 5. The lowest BCUT2D eigenvalue weighted by molar-refractivity contribution is -0.385. The van der Waals surface area contributed by atoms with Gasteiger partial charge in [-0.3, -0.25) is 19.9 Å². The summed E-state index contributed by atoms with van der Waals surface area (Å²) in [7, 11) is 0. The summed E-state index contributed by atoms with van der Waals surface area (Å²) in [6.45, 7) is 1.56. The molecule has 3 heterocycles. The largest absolute Gasteiger partial charge is 0.322 e. The van der Waals surface area contributed by atoms with Crippen LogP contribution in [0.15, 0.2) is 79.0 Å². The number of nitrogens with one attached hydrogen (secondary N) is 1. The molecule has 0 spiro atoms. The van der Waals surface area contributed by atoms with E-state index in [1.54, 1.807) is 35.8 Å². The van der Waals surface area contributed by atoms with Crippen LogP contribution >= 0.6 is 0 Å². The third-order valence-electron chi connectivity index (χ3n) is 5.34. The summed E-state index contributed by atoms with van der Waals surface area (Å²) >= 11 is 0. The lowest BCUT2D eigenvalue weighted by atomic mass is 10.1. The van der Waals surface area contributed by atoms with Crippen molar-refractivity contribution in [3.05, 3.63) is 100 Å². The molecule has 1 N–H and O–H groups in total. The standard InChI is InChI=1S/C24H17N7O3/c1-15-18(5-4-7-21(15)31(33)34)24(32)26-17-10-8-16(9-11-17)19-12-13-22-27-28-23(30(22)29-19)20-6-2-3-14-25-20/h2-14H,1H3,(H,26,32). The Bertz CT molecular complexity index is 1530. The summed E-state index contributed by atoms with van der Waals surface area (Å²) < 4.78 is 1.64. The molecule has 0 saturated heterocycles. The van der Waals surface area contributed by atoms with Crippen LogP contribution in [0.25, 0.3) is 28.4 Å². The molecule has 0 aliphatic heterocycles. The van der Waals surface area contributed by atoms with Gasteiger partial charge in [0.15, 0.2) is 5.65 Å². The first-order chi connectivity index (χ1) is 16.5. The Balaban J connectivity index is 1.40. The van der Waals surface area contributed by atoms with Crippen LogP contribution in [0.3, 0.4) is 0 Å². The third kappa shape index (κ3) is 3.84. The molecule has 166 valence electrons. The summed E-state index contributed by atoms with van der Waals surface area (Å²) in [4.78, 5) is 27.7. The second kappa shape index (κ2) is 8.51. The molecular weight excluding hydrogens is 434 g/mol. The van der Waals surface area contributed by atoms with E-state index >= 15 is 0 Å². The molecule has 1 amide bonds. The van der Waals surface area contributed by atoms with Crippen molar-refractivity contribution >= 4 is 22.9 Å². The Morgan fingerprint density at radius 3 is 2.50 bits per heavy atom. The fraction of sp³-hybridized carbons (Fsp3) is 0.0417. The number of carbonyl (C=O) groups excluding carboxylic acids is 1. The van der Waals surface area contributed by atoms with E-state index in [0.717, 1.165) is 5.56 Å². The molecule has 0 atom stereocenters. The molecule has 3 aromatic heterocycles. The molecule has 2 aromatic carbocycles. The van der Waals surface area contributed by atoms with Gasteiger partial charge in [0.25, 0.3) is 11.6 Å². The monoisotopic (exact) mass is 451 g/mol. The van der Waals surface area contributed by atoms with Crippen molar-refractivity contribution < 1.29 is 9.72 Å². The molecule has 0 radical (unpaired) electrons. The van der Waals surface area contributed by atoms with Crippen molar-refractivity contribution in [2.45, 2.75) is 6.92 Å². The van der Waals surface area contributed by atoms with Crippen LogP contribution < -0.4 is 5.32 Å². The van der Waals surface area contributed by atoms with E-state index in [2.05, 4.69) is 25.6 Å². The van der Waals surface area contributed by atoms with Gasteiger partial charge in [0.1, 0.15) is 5.69 Å². The number of amides is 1. The Morgan fingerprint density at radius 1 is 0.941 bits per heavy atom. The fourth-order valence-corrected chi connectivity index (χ4v) is 3.59. The summed E-state index contributed by atoms with van der Waals surface area (Å²) in [6, 6.07) is 20.8. The highest BCUT2D eigenvalue weighted by Crippen LogP contribution is 2.24. The average Bonchev–Trinajstić information content (AvgIpc) is 3.28. The average molecular weight is 451 g/mol. The molecule has 5 aromatic rings. The molecular formula is C24H17N7O3. The molecule has 0 saturated carbocycles. The molecule has 34 heavy (non-hydrogen) atoms. The highest BCUT2D eigenvalue weighted by molar-refractivity contribution is 6.05. The van der Waals surface area contributed by atoms with Crippen LogP contribution in [0, 0.1) is 17.0 Å². The van der Waals surface area contributed by atoms with Crippen molar-refractivity contribution in [1.29, 1.82) is 0 Å². The number of nitro benzene ring substituents is 1. The van der Waals surface area contributed by atoms with Crippen molar-refractivity contribution in [1.82, 2.24) is 24.8 Å². The van der Waals surface area contributed by atoms with Crippen LogP contribution in [-0.2, 0) is 0 Å². The Hall–Kier alpha value is -4.99. The summed E-state index contributed by atoms with van der Waals surface area (Å²) in [5, 5.41) is 26.9. The lowest BCUT2D eigenvalue weighted by Crippen LogP contribution is -2.14. The fourth-order valence-electron chi connectivity index (χ4n) is 3.59. The number of anilines is 1. The van der Waals surface area contributed by atoms with Gasteiger partial charge in [0, 0.05) is 34.6 Å². The molecule has 0 bridgehead atoms. The molecule has 5 rings (SSSR count). The van der Waals surface area contributed by atoms with Gasteiger partial charge >= 0.3 is 0 Å². The predicted molar refractivity (Wildman–Crippen MR) is 125 cm³/mol. The summed E-state index contributed by atoms with van der Waals surface area (Å²) in [6.07, 6.45) is 1.68. The second-order valence-electron chi connectivity index (χ2n) is 7.47. The molecule has 0 fully saturated rings. The Morgan fingerprint density at radius 2 is 1.76 bits per heavy atom. The van der Waals surface area contributed by atoms with E-state index in [0.29, 0.717) is 34.1 Å². The van der Waals surface area contributed by atoms with Gasteiger partial charge in [-0.05, 0) is 49.4 Å². The minimum Gasteiger partial charge on any atom is -0.322 e. The zero-order chi connectivity index (χ0) is 23.7.